The van der Waals surface area contributed by atoms with E-state index >= 15 is 0 Å². The summed E-state index contributed by atoms with van der Waals surface area (Å²) >= 11 is 0. The van der Waals surface area contributed by atoms with Crippen LogP contribution in [0.15, 0.2) is 30.5 Å². The number of hydrogen-bond acceptors (Lipinski definition) is 4. The van der Waals surface area contributed by atoms with Crippen molar-refractivity contribution in [2.75, 3.05) is 26.7 Å². The zero-order valence-electron chi connectivity index (χ0n) is 11.1. The average molecular weight is 244 g/mol. The molecule has 18 heavy (non-hydrogen) atoms. The molecule has 2 rings (SSSR count). The van der Waals surface area contributed by atoms with Crippen molar-refractivity contribution in [2.24, 2.45) is 0 Å². The van der Waals surface area contributed by atoms with E-state index in [9.17, 15) is 0 Å². The maximum atomic E-state index is 4.62. The molecule has 0 amide bonds. The minimum Gasteiger partial charge on any atom is -0.316 e. The van der Waals surface area contributed by atoms with E-state index in [4.69, 9.17) is 0 Å². The standard InChI is InChI=1S/C14H20N4/c1-3-15-8-9-18(2)11-12-10-16-13-6-4-5-7-14(13)17-12/h4-7,10,15H,3,8-9,11H2,1-2H3. The largest absolute Gasteiger partial charge is 0.316 e. The number of nitrogens with one attached hydrogen (secondary N) is 1. The summed E-state index contributed by atoms with van der Waals surface area (Å²) in [6.07, 6.45) is 1.87. The maximum Gasteiger partial charge on any atom is 0.0890 e. The molecule has 4 nitrogen and oxygen atoms in total. The molecule has 0 fully saturated rings. The van der Waals surface area contributed by atoms with Crippen LogP contribution in [0.1, 0.15) is 12.6 Å². The Balaban J connectivity index is 1.98. The lowest BCUT2D eigenvalue weighted by Gasteiger charge is -2.16. The van der Waals surface area contributed by atoms with Gasteiger partial charge in [0.2, 0.25) is 0 Å². The van der Waals surface area contributed by atoms with Gasteiger partial charge in [-0.3, -0.25) is 9.88 Å². The van der Waals surface area contributed by atoms with Crippen LogP contribution in [0.5, 0.6) is 0 Å². The molecule has 0 aliphatic carbocycles. The first-order chi connectivity index (χ1) is 8.79. The molecule has 0 saturated carbocycles. The number of aromatic nitrogens is 2. The van der Waals surface area contributed by atoms with Gasteiger partial charge < -0.3 is 5.32 Å². The Kier molecular flexibility index (Phi) is 4.61. The van der Waals surface area contributed by atoms with Crippen molar-refractivity contribution >= 4 is 11.0 Å². The number of hydrogen-bond donors (Lipinski definition) is 1. The molecule has 0 bridgehead atoms. The van der Waals surface area contributed by atoms with Crippen LogP contribution in [0.4, 0.5) is 0 Å². The lowest BCUT2D eigenvalue weighted by molar-refractivity contribution is 0.322. The number of benzene rings is 1. The van der Waals surface area contributed by atoms with Crippen molar-refractivity contribution in [3.63, 3.8) is 0 Å². The van der Waals surface area contributed by atoms with E-state index in [0.717, 1.165) is 42.9 Å². The smallest absolute Gasteiger partial charge is 0.0890 e. The van der Waals surface area contributed by atoms with Crippen LogP contribution < -0.4 is 5.32 Å². The van der Waals surface area contributed by atoms with Crippen molar-refractivity contribution in [3.8, 4) is 0 Å². The van der Waals surface area contributed by atoms with Crippen molar-refractivity contribution in [3.05, 3.63) is 36.2 Å². The van der Waals surface area contributed by atoms with Crippen LogP contribution >= 0.6 is 0 Å². The minimum absolute atomic E-state index is 0.837. The van der Waals surface area contributed by atoms with Crippen molar-refractivity contribution in [1.82, 2.24) is 20.2 Å². The molecule has 0 unspecified atom stereocenters. The second kappa shape index (κ2) is 6.42. The number of para-hydroxylation sites is 2. The van der Waals surface area contributed by atoms with Crippen LogP contribution in [-0.2, 0) is 6.54 Å². The van der Waals surface area contributed by atoms with Crippen LogP contribution in [0.3, 0.4) is 0 Å². The molecule has 1 heterocycles. The maximum absolute atomic E-state index is 4.62. The zero-order valence-corrected chi connectivity index (χ0v) is 11.1. The Morgan fingerprint density at radius 3 is 2.78 bits per heavy atom. The molecular weight excluding hydrogens is 224 g/mol. The van der Waals surface area contributed by atoms with Gasteiger partial charge in [-0.05, 0) is 25.7 Å². The van der Waals surface area contributed by atoms with E-state index in [-0.39, 0.29) is 0 Å². The van der Waals surface area contributed by atoms with E-state index in [1.807, 2.05) is 30.5 Å². The summed E-state index contributed by atoms with van der Waals surface area (Å²) in [4.78, 5) is 11.3. The molecule has 0 aliphatic rings. The van der Waals surface area contributed by atoms with Gasteiger partial charge in [0.15, 0.2) is 0 Å². The molecule has 4 heteroatoms. The van der Waals surface area contributed by atoms with Gasteiger partial charge in [-0.1, -0.05) is 19.1 Å². The molecule has 1 aromatic heterocycles. The first-order valence-corrected chi connectivity index (χ1v) is 6.39. The lowest BCUT2D eigenvalue weighted by atomic mass is 10.3. The molecular formula is C14H20N4. The predicted octanol–water partition coefficient (Wildman–Crippen LogP) is 1.67. The Bertz CT molecular complexity index is 498. The molecule has 0 atom stereocenters. The molecule has 96 valence electrons. The molecule has 0 radical (unpaired) electrons. The quantitative estimate of drug-likeness (QED) is 0.785. The van der Waals surface area contributed by atoms with Gasteiger partial charge >= 0.3 is 0 Å². The summed E-state index contributed by atoms with van der Waals surface area (Å²) in [5, 5.41) is 3.32. The molecule has 0 spiro atoms. The molecule has 1 aromatic carbocycles. The third kappa shape index (κ3) is 3.48. The van der Waals surface area contributed by atoms with Gasteiger partial charge in [0.1, 0.15) is 0 Å². The van der Waals surface area contributed by atoms with E-state index in [1.54, 1.807) is 0 Å². The van der Waals surface area contributed by atoms with Crippen molar-refractivity contribution in [2.45, 2.75) is 13.5 Å². The van der Waals surface area contributed by atoms with E-state index < -0.39 is 0 Å². The van der Waals surface area contributed by atoms with E-state index in [2.05, 4.69) is 34.2 Å². The van der Waals surface area contributed by atoms with Crippen molar-refractivity contribution in [1.29, 1.82) is 0 Å². The average Bonchev–Trinajstić information content (AvgIpc) is 2.39. The number of fused-ring (bicyclic) bond motifs is 1. The summed E-state index contributed by atoms with van der Waals surface area (Å²) < 4.78 is 0. The lowest BCUT2D eigenvalue weighted by Crippen LogP contribution is -2.29. The fourth-order valence-corrected chi connectivity index (χ4v) is 1.87. The Hall–Kier alpha value is -1.52. The second-order valence-electron chi connectivity index (χ2n) is 4.44. The Morgan fingerprint density at radius 1 is 1.22 bits per heavy atom. The Labute approximate surface area is 108 Å². The Morgan fingerprint density at radius 2 is 2.00 bits per heavy atom. The van der Waals surface area contributed by atoms with Crippen LogP contribution in [0, 0.1) is 0 Å². The number of likely N-dealkylation sites (N-methyl/N-ethyl adjacent to an activating group) is 2. The highest BCUT2D eigenvalue weighted by Crippen LogP contribution is 2.09. The number of rotatable bonds is 6. The first-order valence-electron chi connectivity index (χ1n) is 6.39. The normalized spacial score (nSPS) is 11.3. The van der Waals surface area contributed by atoms with Crippen LogP contribution in [0.2, 0.25) is 0 Å². The summed E-state index contributed by atoms with van der Waals surface area (Å²) in [6.45, 7) is 6.00. The molecule has 0 saturated heterocycles. The molecule has 0 aliphatic heterocycles. The predicted molar refractivity (Wildman–Crippen MR) is 74.4 cm³/mol. The van der Waals surface area contributed by atoms with Crippen LogP contribution in [-0.4, -0.2) is 41.5 Å². The zero-order chi connectivity index (χ0) is 12.8. The van der Waals surface area contributed by atoms with E-state index in [1.165, 1.54) is 0 Å². The summed E-state index contributed by atoms with van der Waals surface area (Å²) in [5.41, 5.74) is 2.94. The van der Waals surface area contributed by atoms with Gasteiger partial charge in [-0.15, -0.1) is 0 Å². The molecule has 1 N–H and O–H groups in total. The fraction of sp³-hybridized carbons (Fsp3) is 0.429. The monoisotopic (exact) mass is 244 g/mol. The van der Waals surface area contributed by atoms with E-state index in [0.29, 0.717) is 0 Å². The van der Waals surface area contributed by atoms with Crippen LogP contribution in [0.25, 0.3) is 11.0 Å². The number of nitrogens with zero attached hydrogens (tertiary/aromatic N) is 3. The highest BCUT2D eigenvalue weighted by molar-refractivity contribution is 5.73. The van der Waals surface area contributed by atoms with Gasteiger partial charge in [0, 0.05) is 19.6 Å². The highest BCUT2D eigenvalue weighted by atomic mass is 15.1. The van der Waals surface area contributed by atoms with Gasteiger partial charge in [-0.25, -0.2) is 4.98 Å². The topological polar surface area (TPSA) is 41.0 Å². The third-order valence-electron chi connectivity index (χ3n) is 2.85. The minimum atomic E-state index is 0.837. The van der Waals surface area contributed by atoms with Gasteiger partial charge in [-0.2, -0.15) is 0 Å². The van der Waals surface area contributed by atoms with Gasteiger partial charge in [0.25, 0.3) is 0 Å². The van der Waals surface area contributed by atoms with Crippen molar-refractivity contribution < 1.29 is 0 Å². The van der Waals surface area contributed by atoms with Gasteiger partial charge in [0.05, 0.1) is 22.9 Å². The SMILES string of the molecule is CCNCCN(C)Cc1cnc2ccccc2n1. The summed E-state index contributed by atoms with van der Waals surface area (Å²) in [5.74, 6) is 0. The summed E-state index contributed by atoms with van der Waals surface area (Å²) in [6, 6.07) is 7.97. The summed E-state index contributed by atoms with van der Waals surface area (Å²) in [7, 11) is 2.11. The third-order valence-corrected chi connectivity index (χ3v) is 2.85. The molecule has 2 aromatic rings. The highest BCUT2D eigenvalue weighted by Gasteiger charge is 2.03. The fourth-order valence-electron chi connectivity index (χ4n) is 1.87. The second-order valence-corrected chi connectivity index (χ2v) is 4.44. The first kappa shape index (κ1) is 12.9.